The molecule has 0 aliphatic carbocycles. The molecule has 0 bridgehead atoms. The van der Waals surface area contributed by atoms with Crippen LogP contribution in [0.2, 0.25) is 0 Å². The summed E-state index contributed by atoms with van der Waals surface area (Å²) in [6.45, 7) is 4.17. The van der Waals surface area contributed by atoms with E-state index in [1.807, 2.05) is 13.8 Å². The zero-order valence-corrected chi connectivity index (χ0v) is 13.5. The second-order valence-corrected chi connectivity index (χ2v) is 8.76. The van der Waals surface area contributed by atoms with E-state index >= 15 is 0 Å². The molecule has 0 saturated carbocycles. The van der Waals surface area contributed by atoms with Gasteiger partial charge in [-0.25, -0.2) is 8.42 Å². The fraction of sp³-hybridized carbons (Fsp3) is 0.538. The van der Waals surface area contributed by atoms with Crippen LogP contribution in [0.25, 0.3) is 0 Å². The van der Waals surface area contributed by atoms with Crippen molar-refractivity contribution in [2.24, 2.45) is 5.92 Å². The highest BCUT2D eigenvalue weighted by Gasteiger charge is 2.34. The second-order valence-electron chi connectivity index (χ2n) is 5.52. The summed E-state index contributed by atoms with van der Waals surface area (Å²) in [7, 11) is -8.75. The second kappa shape index (κ2) is 5.66. The third-order valence-corrected chi connectivity index (χ3v) is 6.55. The summed E-state index contributed by atoms with van der Waals surface area (Å²) in [5.74, 6) is 0.240. The van der Waals surface area contributed by atoms with E-state index < -0.39 is 25.1 Å². The minimum atomic E-state index is -4.92. The Balaban J connectivity index is 2.44. The van der Waals surface area contributed by atoms with Crippen LogP contribution >= 0.6 is 0 Å². The molecule has 0 radical (unpaired) electrons. The SMILES string of the molecule is CC1CCC(C)N(S(=O)(=O)c2cccc(S(=O)(=O)F)c2)C1. The molecule has 0 aromatic heterocycles. The van der Waals surface area contributed by atoms with Crippen molar-refractivity contribution in [3.8, 4) is 0 Å². The van der Waals surface area contributed by atoms with Gasteiger partial charge < -0.3 is 0 Å². The number of benzene rings is 1. The Morgan fingerprint density at radius 1 is 1.10 bits per heavy atom. The maximum Gasteiger partial charge on any atom is 0.332 e. The lowest BCUT2D eigenvalue weighted by atomic mass is 9.97. The summed E-state index contributed by atoms with van der Waals surface area (Å²) in [5.41, 5.74) is 0. The van der Waals surface area contributed by atoms with Gasteiger partial charge in [-0.1, -0.05) is 13.0 Å². The van der Waals surface area contributed by atoms with Gasteiger partial charge in [-0.3, -0.25) is 0 Å². The fourth-order valence-corrected chi connectivity index (χ4v) is 4.92. The van der Waals surface area contributed by atoms with Crippen LogP contribution in [0.3, 0.4) is 0 Å². The average Bonchev–Trinajstić information content (AvgIpc) is 2.40. The third kappa shape index (κ3) is 3.44. The molecule has 1 fully saturated rings. The summed E-state index contributed by atoms with van der Waals surface area (Å²) in [6, 6.07) is 4.28. The Labute approximate surface area is 125 Å². The van der Waals surface area contributed by atoms with Gasteiger partial charge in [0.15, 0.2) is 0 Å². The maximum atomic E-state index is 13.0. The summed E-state index contributed by atoms with van der Waals surface area (Å²) in [6.07, 6.45) is 1.70. The Kier molecular flexibility index (Phi) is 4.41. The van der Waals surface area contributed by atoms with Crippen molar-refractivity contribution in [3.63, 3.8) is 0 Å². The lowest BCUT2D eigenvalue weighted by molar-refractivity contribution is 0.218. The largest absolute Gasteiger partial charge is 0.332 e. The Morgan fingerprint density at radius 2 is 1.71 bits per heavy atom. The monoisotopic (exact) mass is 335 g/mol. The van der Waals surface area contributed by atoms with E-state index in [0.29, 0.717) is 6.54 Å². The van der Waals surface area contributed by atoms with Crippen LogP contribution in [0.5, 0.6) is 0 Å². The molecule has 0 N–H and O–H groups in total. The smallest absolute Gasteiger partial charge is 0.207 e. The van der Waals surface area contributed by atoms with Gasteiger partial charge in [0.05, 0.1) is 9.79 Å². The standard InChI is InChI=1S/C13H18FNO4S2/c1-10-6-7-11(2)15(9-10)21(18,19)13-5-3-4-12(8-13)20(14,16)17/h3-5,8,10-11H,6-7,9H2,1-2H3. The van der Waals surface area contributed by atoms with E-state index in [4.69, 9.17) is 0 Å². The van der Waals surface area contributed by atoms with Gasteiger partial charge in [-0.05, 0) is 43.9 Å². The molecular weight excluding hydrogens is 317 g/mol. The van der Waals surface area contributed by atoms with E-state index in [9.17, 15) is 20.7 Å². The molecule has 1 aromatic rings. The van der Waals surface area contributed by atoms with Gasteiger partial charge in [0.25, 0.3) is 0 Å². The van der Waals surface area contributed by atoms with Gasteiger partial charge in [-0.2, -0.15) is 12.7 Å². The highest BCUT2D eigenvalue weighted by Crippen LogP contribution is 2.28. The van der Waals surface area contributed by atoms with Crippen molar-refractivity contribution < 1.29 is 20.7 Å². The normalized spacial score (nSPS) is 24.9. The van der Waals surface area contributed by atoms with Gasteiger partial charge in [0.2, 0.25) is 10.0 Å². The van der Waals surface area contributed by atoms with Gasteiger partial charge in [0, 0.05) is 12.6 Å². The summed E-state index contributed by atoms with van der Waals surface area (Å²) < 4.78 is 61.5. The van der Waals surface area contributed by atoms with Crippen molar-refractivity contribution in [1.29, 1.82) is 0 Å². The van der Waals surface area contributed by atoms with E-state index in [0.717, 1.165) is 25.0 Å². The fourth-order valence-electron chi connectivity index (χ4n) is 2.50. The van der Waals surface area contributed by atoms with Crippen molar-refractivity contribution in [2.75, 3.05) is 6.54 Å². The quantitative estimate of drug-likeness (QED) is 0.794. The molecule has 1 aliphatic rings. The van der Waals surface area contributed by atoms with Crippen LogP contribution in [-0.2, 0) is 20.2 Å². The predicted octanol–water partition coefficient (Wildman–Crippen LogP) is 2.15. The average molecular weight is 335 g/mol. The lowest BCUT2D eigenvalue weighted by Crippen LogP contribution is -2.44. The number of sulfonamides is 1. The Hall–Kier alpha value is -0.990. The molecule has 1 saturated heterocycles. The highest BCUT2D eigenvalue weighted by atomic mass is 32.3. The van der Waals surface area contributed by atoms with Crippen LogP contribution < -0.4 is 0 Å². The van der Waals surface area contributed by atoms with E-state index in [1.165, 1.54) is 16.4 Å². The molecule has 8 heteroatoms. The van der Waals surface area contributed by atoms with Crippen LogP contribution in [0.4, 0.5) is 3.89 Å². The number of nitrogens with zero attached hydrogens (tertiary/aromatic N) is 1. The first-order chi connectivity index (χ1) is 9.62. The summed E-state index contributed by atoms with van der Waals surface area (Å²) >= 11 is 0. The molecule has 0 amide bonds. The van der Waals surface area contributed by atoms with E-state index in [-0.39, 0.29) is 16.9 Å². The summed E-state index contributed by atoms with van der Waals surface area (Å²) in [5, 5.41) is 0. The molecule has 21 heavy (non-hydrogen) atoms. The number of piperidine rings is 1. The minimum absolute atomic E-state index is 0.156. The van der Waals surface area contributed by atoms with Crippen LogP contribution in [0.15, 0.2) is 34.1 Å². The van der Waals surface area contributed by atoms with Crippen molar-refractivity contribution in [1.82, 2.24) is 4.31 Å². The van der Waals surface area contributed by atoms with Crippen molar-refractivity contribution in [3.05, 3.63) is 24.3 Å². The number of halogens is 1. The molecule has 2 unspecified atom stereocenters. The maximum absolute atomic E-state index is 13.0. The molecular formula is C13H18FNO4S2. The zero-order chi connectivity index (χ0) is 15.8. The number of rotatable bonds is 3. The lowest BCUT2D eigenvalue weighted by Gasteiger charge is -2.35. The van der Waals surface area contributed by atoms with Crippen molar-refractivity contribution in [2.45, 2.75) is 42.5 Å². The van der Waals surface area contributed by atoms with Crippen LogP contribution in [-0.4, -0.2) is 33.7 Å². The first kappa shape index (κ1) is 16.4. The Morgan fingerprint density at radius 3 is 2.33 bits per heavy atom. The summed E-state index contributed by atoms with van der Waals surface area (Å²) in [4.78, 5) is -0.830. The predicted molar refractivity (Wildman–Crippen MR) is 76.5 cm³/mol. The first-order valence-electron chi connectivity index (χ1n) is 6.69. The molecule has 2 atom stereocenters. The van der Waals surface area contributed by atoms with Crippen LogP contribution in [0, 0.1) is 5.92 Å². The number of hydrogen-bond acceptors (Lipinski definition) is 4. The first-order valence-corrected chi connectivity index (χ1v) is 9.51. The minimum Gasteiger partial charge on any atom is -0.207 e. The molecule has 118 valence electrons. The topological polar surface area (TPSA) is 71.5 Å². The highest BCUT2D eigenvalue weighted by molar-refractivity contribution is 7.89. The van der Waals surface area contributed by atoms with Gasteiger partial charge in [0.1, 0.15) is 0 Å². The molecule has 1 aromatic carbocycles. The van der Waals surface area contributed by atoms with E-state index in [1.54, 1.807) is 0 Å². The number of hydrogen-bond donors (Lipinski definition) is 0. The van der Waals surface area contributed by atoms with Gasteiger partial charge >= 0.3 is 10.2 Å². The zero-order valence-electron chi connectivity index (χ0n) is 11.9. The van der Waals surface area contributed by atoms with Crippen molar-refractivity contribution >= 4 is 20.2 Å². The molecule has 0 spiro atoms. The van der Waals surface area contributed by atoms with E-state index in [2.05, 4.69) is 0 Å². The molecule has 1 heterocycles. The Bertz CT molecular complexity index is 730. The van der Waals surface area contributed by atoms with Gasteiger partial charge in [-0.15, -0.1) is 3.89 Å². The van der Waals surface area contributed by atoms with Crippen LogP contribution in [0.1, 0.15) is 26.7 Å². The molecule has 1 aliphatic heterocycles. The third-order valence-electron chi connectivity index (χ3n) is 3.75. The molecule has 2 rings (SSSR count). The molecule has 5 nitrogen and oxygen atoms in total.